The van der Waals surface area contributed by atoms with Gasteiger partial charge in [-0.3, -0.25) is 9.59 Å². The second-order valence-electron chi connectivity index (χ2n) is 8.01. The van der Waals surface area contributed by atoms with Crippen LogP contribution >= 0.6 is 0 Å². The van der Waals surface area contributed by atoms with Gasteiger partial charge in [0.2, 0.25) is 5.78 Å². The number of aromatic nitrogens is 1. The first-order valence-electron chi connectivity index (χ1n) is 10.5. The Hall–Kier alpha value is -3.18. The van der Waals surface area contributed by atoms with E-state index in [1.807, 2.05) is 25.1 Å². The zero-order valence-corrected chi connectivity index (χ0v) is 17.5. The minimum absolute atomic E-state index is 0.00191. The average molecular weight is 403 g/mol. The topological polar surface area (TPSA) is 55.5 Å². The minimum atomic E-state index is 0.00191. The third-order valence-electron chi connectivity index (χ3n) is 5.90. The molecule has 2 heterocycles. The molecule has 5 heteroatoms. The summed E-state index contributed by atoms with van der Waals surface area (Å²) in [5.74, 6) is 0.113. The normalized spacial score (nSPS) is 16.5. The Morgan fingerprint density at radius 3 is 2.20 bits per heavy atom. The summed E-state index contributed by atoms with van der Waals surface area (Å²) in [6, 6.07) is 22.8. The fraction of sp³-hybridized carbons (Fsp3) is 0.280. The molecule has 0 saturated carbocycles. The largest absolute Gasteiger partial charge is 0.346 e. The van der Waals surface area contributed by atoms with Gasteiger partial charge in [0, 0.05) is 17.0 Å². The Balaban J connectivity index is 1.70. The molecule has 1 amide bonds. The molecule has 30 heavy (non-hydrogen) atoms. The van der Waals surface area contributed by atoms with Gasteiger partial charge in [-0.15, -0.1) is 0 Å². The highest BCUT2D eigenvalue weighted by molar-refractivity contribution is 5.98. The highest BCUT2D eigenvalue weighted by Crippen LogP contribution is 2.31. The predicted octanol–water partition coefficient (Wildman–Crippen LogP) is 1.94. The fourth-order valence-electron chi connectivity index (χ4n) is 4.45. The molecular formula is C25H28N3O2+. The smallest absolute Gasteiger partial charge is 0.275 e. The van der Waals surface area contributed by atoms with Crippen LogP contribution in [0.1, 0.15) is 38.9 Å². The molecule has 1 aromatic heterocycles. The van der Waals surface area contributed by atoms with Gasteiger partial charge in [-0.2, -0.15) is 0 Å². The number of piperazine rings is 1. The van der Waals surface area contributed by atoms with Gasteiger partial charge in [-0.05, 0) is 31.0 Å². The number of aryl methyl sites for hydroxylation is 1. The lowest BCUT2D eigenvalue weighted by Gasteiger charge is -2.24. The number of carbonyl (C=O) groups excluding carboxylic acids is 2. The van der Waals surface area contributed by atoms with E-state index in [2.05, 4.69) is 65.3 Å². The van der Waals surface area contributed by atoms with Crippen LogP contribution in [0.4, 0.5) is 0 Å². The van der Waals surface area contributed by atoms with Crippen molar-refractivity contribution in [1.29, 1.82) is 0 Å². The maximum absolute atomic E-state index is 13.1. The molecule has 5 nitrogen and oxygen atoms in total. The maximum Gasteiger partial charge on any atom is 0.275 e. The number of Topliss-reactive ketones (excluding diaryl/α,β-unsaturated/α-hetero) is 1. The summed E-state index contributed by atoms with van der Waals surface area (Å²) in [5, 5.41) is 2.83. The van der Waals surface area contributed by atoms with Gasteiger partial charge in [0.25, 0.3) is 5.91 Å². The molecule has 0 radical (unpaired) electrons. The van der Waals surface area contributed by atoms with Crippen LogP contribution in [0, 0.1) is 13.8 Å². The summed E-state index contributed by atoms with van der Waals surface area (Å²) < 4.78 is 2.26. The van der Waals surface area contributed by atoms with E-state index in [0.29, 0.717) is 19.6 Å². The first kappa shape index (κ1) is 20.1. The van der Waals surface area contributed by atoms with Crippen LogP contribution in [0.3, 0.4) is 0 Å². The van der Waals surface area contributed by atoms with Gasteiger partial charge < -0.3 is 14.8 Å². The van der Waals surface area contributed by atoms with E-state index in [1.165, 1.54) is 11.1 Å². The highest BCUT2D eigenvalue weighted by Gasteiger charge is 2.27. The first-order valence-corrected chi connectivity index (χ1v) is 10.5. The Morgan fingerprint density at radius 1 is 1.03 bits per heavy atom. The molecule has 2 N–H and O–H groups in total. The summed E-state index contributed by atoms with van der Waals surface area (Å²) in [6.07, 6.45) is 0. The number of amides is 1. The molecule has 1 unspecified atom stereocenters. The summed E-state index contributed by atoms with van der Waals surface area (Å²) in [6.45, 7) is 6.21. The van der Waals surface area contributed by atoms with Crippen molar-refractivity contribution >= 4 is 11.7 Å². The molecule has 1 aliphatic rings. The van der Waals surface area contributed by atoms with Gasteiger partial charge in [0.1, 0.15) is 6.54 Å². The number of rotatable bonds is 6. The van der Waals surface area contributed by atoms with Crippen molar-refractivity contribution in [2.45, 2.75) is 19.9 Å². The SMILES string of the molecule is Cc1cc(C(=O)C[NH+]2CCNC(=O)C2)c(C)n1C(c1ccccc1)c1ccccc1. The summed E-state index contributed by atoms with van der Waals surface area (Å²) in [7, 11) is 0. The van der Waals surface area contributed by atoms with Gasteiger partial charge in [-0.1, -0.05) is 60.7 Å². The van der Waals surface area contributed by atoms with Crippen molar-refractivity contribution < 1.29 is 14.5 Å². The number of quaternary nitrogens is 1. The van der Waals surface area contributed by atoms with Crippen LogP contribution in [0.2, 0.25) is 0 Å². The number of ketones is 1. The van der Waals surface area contributed by atoms with E-state index in [1.54, 1.807) is 0 Å². The second kappa shape index (κ2) is 8.67. The Kier molecular flexibility index (Phi) is 5.81. The summed E-state index contributed by atoms with van der Waals surface area (Å²) in [4.78, 5) is 25.8. The molecule has 1 atom stereocenters. The Bertz CT molecular complexity index is 1000. The van der Waals surface area contributed by atoms with E-state index >= 15 is 0 Å². The molecule has 1 fully saturated rings. The molecule has 2 aromatic carbocycles. The zero-order chi connectivity index (χ0) is 21.1. The van der Waals surface area contributed by atoms with Gasteiger partial charge >= 0.3 is 0 Å². The minimum Gasteiger partial charge on any atom is -0.346 e. The molecule has 1 aliphatic heterocycles. The van der Waals surface area contributed by atoms with E-state index in [0.717, 1.165) is 28.4 Å². The number of carbonyl (C=O) groups is 2. The fourth-order valence-corrected chi connectivity index (χ4v) is 4.45. The molecular weight excluding hydrogens is 374 g/mol. The molecule has 3 aromatic rings. The monoisotopic (exact) mass is 402 g/mol. The van der Waals surface area contributed by atoms with Crippen molar-refractivity contribution in [2.75, 3.05) is 26.2 Å². The highest BCUT2D eigenvalue weighted by atomic mass is 16.2. The molecule has 0 aliphatic carbocycles. The summed E-state index contributed by atoms with van der Waals surface area (Å²) >= 11 is 0. The van der Waals surface area contributed by atoms with E-state index in [9.17, 15) is 9.59 Å². The quantitative estimate of drug-likeness (QED) is 0.619. The van der Waals surface area contributed by atoms with Gasteiger partial charge in [0.15, 0.2) is 6.54 Å². The molecule has 154 valence electrons. The van der Waals surface area contributed by atoms with Crippen LogP contribution in [0.25, 0.3) is 0 Å². The lowest BCUT2D eigenvalue weighted by molar-refractivity contribution is -0.884. The molecule has 1 saturated heterocycles. The second-order valence-corrected chi connectivity index (χ2v) is 8.01. The lowest BCUT2D eigenvalue weighted by atomic mass is 9.98. The maximum atomic E-state index is 13.1. The Labute approximate surface area is 177 Å². The van der Waals surface area contributed by atoms with Crippen molar-refractivity contribution in [2.24, 2.45) is 0 Å². The first-order chi connectivity index (χ1) is 14.5. The predicted molar refractivity (Wildman–Crippen MR) is 117 cm³/mol. The van der Waals surface area contributed by atoms with E-state index in [-0.39, 0.29) is 17.7 Å². The zero-order valence-electron chi connectivity index (χ0n) is 17.5. The van der Waals surface area contributed by atoms with E-state index < -0.39 is 0 Å². The van der Waals surface area contributed by atoms with Gasteiger partial charge in [0.05, 0.1) is 19.1 Å². The average Bonchev–Trinajstić information content (AvgIpc) is 3.05. The standard InChI is InChI=1S/C25H27N3O2/c1-18-15-22(23(29)16-27-14-13-26-24(30)17-27)19(2)28(18)25(20-9-5-3-6-10-20)21-11-7-4-8-12-21/h3-12,15,25H,13-14,16-17H2,1-2H3,(H,26,30)/p+1. The van der Waals surface area contributed by atoms with Crippen molar-refractivity contribution in [3.8, 4) is 0 Å². The van der Waals surface area contributed by atoms with Crippen molar-refractivity contribution in [3.63, 3.8) is 0 Å². The van der Waals surface area contributed by atoms with Crippen LogP contribution in [-0.4, -0.2) is 42.4 Å². The summed E-state index contributed by atoms with van der Waals surface area (Å²) in [5.41, 5.74) is 5.14. The number of hydrogen-bond acceptors (Lipinski definition) is 2. The van der Waals surface area contributed by atoms with Crippen LogP contribution in [0.15, 0.2) is 66.7 Å². The lowest BCUT2D eigenvalue weighted by Crippen LogP contribution is -3.16. The third kappa shape index (κ3) is 4.07. The van der Waals surface area contributed by atoms with Crippen LogP contribution in [-0.2, 0) is 4.79 Å². The van der Waals surface area contributed by atoms with Gasteiger partial charge in [-0.25, -0.2) is 0 Å². The van der Waals surface area contributed by atoms with E-state index in [4.69, 9.17) is 0 Å². The van der Waals surface area contributed by atoms with Crippen molar-refractivity contribution in [1.82, 2.24) is 9.88 Å². The molecule has 0 bridgehead atoms. The third-order valence-corrected chi connectivity index (χ3v) is 5.90. The number of hydrogen-bond donors (Lipinski definition) is 2. The van der Waals surface area contributed by atoms with Crippen LogP contribution in [0.5, 0.6) is 0 Å². The number of nitrogens with one attached hydrogen (secondary N) is 2. The molecule has 0 spiro atoms. The number of nitrogens with zero attached hydrogens (tertiary/aromatic N) is 1. The van der Waals surface area contributed by atoms with Crippen molar-refractivity contribution in [3.05, 3.63) is 94.8 Å². The van der Waals surface area contributed by atoms with Crippen LogP contribution < -0.4 is 10.2 Å². The number of benzene rings is 2. The molecule has 4 rings (SSSR count). The Morgan fingerprint density at radius 2 is 1.63 bits per heavy atom.